The Kier molecular flexibility index (Phi) is 4.02. The summed E-state index contributed by atoms with van der Waals surface area (Å²) in [4.78, 5) is 28.2. The van der Waals surface area contributed by atoms with Gasteiger partial charge in [0.2, 0.25) is 5.43 Å². The first-order valence-electron chi connectivity index (χ1n) is 6.51. The molecule has 6 heteroatoms. The summed E-state index contributed by atoms with van der Waals surface area (Å²) in [6.45, 7) is 6.42. The number of carbonyl (C=O) groups excluding carboxylic acids is 1. The third-order valence-corrected chi connectivity index (χ3v) is 2.91. The van der Waals surface area contributed by atoms with E-state index in [0.29, 0.717) is 17.6 Å². The SMILES string of the molecule is CCOC(=O)Nc1cn(CC)c2nc(C)ccc2c1=O. The molecule has 0 saturated carbocycles. The number of rotatable bonds is 3. The first kappa shape index (κ1) is 14.0. The van der Waals surface area contributed by atoms with E-state index in [2.05, 4.69) is 10.3 Å². The van der Waals surface area contributed by atoms with Crippen LogP contribution in [0.2, 0.25) is 0 Å². The van der Waals surface area contributed by atoms with Gasteiger partial charge in [0.1, 0.15) is 11.3 Å². The minimum absolute atomic E-state index is 0.198. The lowest BCUT2D eigenvalue weighted by Gasteiger charge is -2.11. The predicted molar refractivity (Wildman–Crippen MR) is 77.1 cm³/mol. The summed E-state index contributed by atoms with van der Waals surface area (Å²) in [6.07, 6.45) is 0.959. The molecule has 0 bridgehead atoms. The van der Waals surface area contributed by atoms with Gasteiger partial charge in [-0.2, -0.15) is 0 Å². The lowest BCUT2D eigenvalue weighted by molar-refractivity contribution is 0.168. The van der Waals surface area contributed by atoms with Crippen molar-refractivity contribution < 1.29 is 9.53 Å². The number of hydrogen-bond acceptors (Lipinski definition) is 4. The number of ether oxygens (including phenoxy) is 1. The van der Waals surface area contributed by atoms with Gasteiger partial charge < -0.3 is 9.30 Å². The molecule has 0 saturated heterocycles. The summed E-state index contributed by atoms with van der Waals surface area (Å²) in [5.41, 5.74) is 1.39. The molecule has 0 fully saturated rings. The maximum Gasteiger partial charge on any atom is 0.411 e. The zero-order chi connectivity index (χ0) is 14.7. The lowest BCUT2D eigenvalue weighted by atomic mass is 10.2. The number of carbonyl (C=O) groups is 1. The maximum atomic E-state index is 12.3. The van der Waals surface area contributed by atoms with Crippen LogP contribution in [-0.4, -0.2) is 22.3 Å². The van der Waals surface area contributed by atoms with Gasteiger partial charge >= 0.3 is 6.09 Å². The highest BCUT2D eigenvalue weighted by molar-refractivity contribution is 5.88. The molecule has 106 valence electrons. The average molecular weight is 275 g/mol. The van der Waals surface area contributed by atoms with E-state index < -0.39 is 6.09 Å². The van der Waals surface area contributed by atoms with Crippen molar-refractivity contribution in [2.45, 2.75) is 27.3 Å². The van der Waals surface area contributed by atoms with Crippen molar-refractivity contribution in [3.05, 3.63) is 34.2 Å². The van der Waals surface area contributed by atoms with E-state index in [4.69, 9.17) is 4.74 Å². The Balaban J connectivity index is 2.57. The molecule has 0 unspecified atom stereocenters. The van der Waals surface area contributed by atoms with Crippen molar-refractivity contribution in [2.24, 2.45) is 0 Å². The van der Waals surface area contributed by atoms with Crippen LogP contribution >= 0.6 is 0 Å². The second kappa shape index (κ2) is 5.73. The van der Waals surface area contributed by atoms with Crippen LogP contribution in [0.25, 0.3) is 11.0 Å². The summed E-state index contributed by atoms with van der Waals surface area (Å²) in [5, 5.41) is 2.95. The smallest absolute Gasteiger partial charge is 0.411 e. The largest absolute Gasteiger partial charge is 0.450 e. The van der Waals surface area contributed by atoms with Crippen molar-refractivity contribution in [3.63, 3.8) is 0 Å². The van der Waals surface area contributed by atoms with Crippen LogP contribution in [0.4, 0.5) is 10.5 Å². The molecule has 2 aromatic rings. The lowest BCUT2D eigenvalue weighted by Crippen LogP contribution is -2.21. The van der Waals surface area contributed by atoms with E-state index in [9.17, 15) is 9.59 Å². The molecule has 2 aromatic heterocycles. The van der Waals surface area contributed by atoms with Crippen LogP contribution in [0.1, 0.15) is 19.5 Å². The fourth-order valence-electron chi connectivity index (χ4n) is 1.97. The minimum Gasteiger partial charge on any atom is -0.450 e. The van der Waals surface area contributed by atoms with Crippen LogP contribution in [0.5, 0.6) is 0 Å². The van der Waals surface area contributed by atoms with E-state index in [-0.39, 0.29) is 17.7 Å². The zero-order valence-electron chi connectivity index (χ0n) is 11.8. The molecule has 2 rings (SSSR count). The zero-order valence-corrected chi connectivity index (χ0v) is 11.8. The molecule has 0 radical (unpaired) electrons. The Morgan fingerprint density at radius 1 is 1.40 bits per heavy atom. The number of nitrogens with zero attached hydrogens (tertiary/aromatic N) is 2. The Labute approximate surface area is 116 Å². The summed E-state index contributed by atoms with van der Waals surface area (Å²) in [7, 11) is 0. The van der Waals surface area contributed by atoms with E-state index in [1.165, 1.54) is 0 Å². The second-order valence-corrected chi connectivity index (χ2v) is 4.33. The molecule has 2 heterocycles. The van der Waals surface area contributed by atoms with Crippen molar-refractivity contribution >= 4 is 22.8 Å². The molecule has 6 nitrogen and oxygen atoms in total. The second-order valence-electron chi connectivity index (χ2n) is 4.33. The number of pyridine rings is 2. The molecular weight excluding hydrogens is 258 g/mol. The third kappa shape index (κ3) is 2.64. The van der Waals surface area contributed by atoms with E-state index in [1.807, 2.05) is 18.4 Å². The van der Waals surface area contributed by atoms with Gasteiger partial charge in [-0.15, -0.1) is 0 Å². The van der Waals surface area contributed by atoms with Crippen molar-refractivity contribution in [2.75, 3.05) is 11.9 Å². The van der Waals surface area contributed by atoms with Crippen LogP contribution in [0.3, 0.4) is 0 Å². The van der Waals surface area contributed by atoms with Gasteiger partial charge in [-0.1, -0.05) is 0 Å². The normalized spacial score (nSPS) is 10.6. The number of aryl methyl sites for hydroxylation is 2. The molecular formula is C14H17N3O3. The Hall–Kier alpha value is -2.37. The summed E-state index contributed by atoms with van der Waals surface area (Å²) < 4.78 is 6.62. The molecule has 0 aromatic carbocycles. The first-order chi connectivity index (χ1) is 9.56. The Morgan fingerprint density at radius 2 is 2.15 bits per heavy atom. The summed E-state index contributed by atoms with van der Waals surface area (Å²) in [6, 6.07) is 3.50. The predicted octanol–water partition coefficient (Wildman–Crippen LogP) is 2.29. The Morgan fingerprint density at radius 3 is 2.80 bits per heavy atom. The number of anilines is 1. The highest BCUT2D eigenvalue weighted by atomic mass is 16.5. The average Bonchev–Trinajstić information content (AvgIpc) is 2.42. The summed E-state index contributed by atoms with van der Waals surface area (Å²) in [5.74, 6) is 0. The molecule has 0 atom stereocenters. The van der Waals surface area contributed by atoms with Crippen molar-refractivity contribution in [1.82, 2.24) is 9.55 Å². The fraction of sp³-hybridized carbons (Fsp3) is 0.357. The molecule has 1 amide bonds. The molecule has 1 N–H and O–H groups in total. The van der Waals surface area contributed by atoms with Crippen LogP contribution in [-0.2, 0) is 11.3 Å². The van der Waals surface area contributed by atoms with Crippen molar-refractivity contribution in [1.29, 1.82) is 0 Å². The number of aromatic nitrogens is 2. The molecule has 20 heavy (non-hydrogen) atoms. The number of fused-ring (bicyclic) bond motifs is 1. The minimum atomic E-state index is -0.633. The van der Waals surface area contributed by atoms with E-state index in [1.54, 1.807) is 25.3 Å². The topological polar surface area (TPSA) is 73.2 Å². The van der Waals surface area contributed by atoms with Crippen LogP contribution < -0.4 is 10.7 Å². The highest BCUT2D eigenvalue weighted by Crippen LogP contribution is 2.13. The van der Waals surface area contributed by atoms with Gasteiger partial charge in [0.15, 0.2) is 0 Å². The quantitative estimate of drug-likeness (QED) is 0.932. The molecule has 0 spiro atoms. The molecule has 0 aliphatic rings. The Bertz CT molecular complexity index is 707. The number of hydrogen-bond donors (Lipinski definition) is 1. The maximum absolute atomic E-state index is 12.3. The van der Waals surface area contributed by atoms with E-state index in [0.717, 1.165) is 5.69 Å². The van der Waals surface area contributed by atoms with Crippen molar-refractivity contribution in [3.8, 4) is 0 Å². The van der Waals surface area contributed by atoms with Gasteiger partial charge in [0.05, 0.1) is 12.0 Å². The van der Waals surface area contributed by atoms with Crippen LogP contribution in [0.15, 0.2) is 23.1 Å². The highest BCUT2D eigenvalue weighted by Gasteiger charge is 2.12. The molecule has 0 aliphatic carbocycles. The monoisotopic (exact) mass is 275 g/mol. The third-order valence-electron chi connectivity index (χ3n) is 2.91. The van der Waals surface area contributed by atoms with Gasteiger partial charge in [-0.25, -0.2) is 9.78 Å². The van der Waals surface area contributed by atoms with Gasteiger partial charge in [0, 0.05) is 18.4 Å². The van der Waals surface area contributed by atoms with Crippen LogP contribution in [0, 0.1) is 6.92 Å². The van der Waals surface area contributed by atoms with Gasteiger partial charge in [0.25, 0.3) is 0 Å². The fourth-order valence-corrected chi connectivity index (χ4v) is 1.97. The number of nitrogens with one attached hydrogen (secondary N) is 1. The van der Waals surface area contributed by atoms with Gasteiger partial charge in [-0.3, -0.25) is 10.1 Å². The number of amides is 1. The summed E-state index contributed by atoms with van der Waals surface area (Å²) >= 11 is 0. The standard InChI is InChI=1S/C14H17N3O3/c1-4-17-8-11(16-14(19)20-5-2)12(18)10-7-6-9(3)15-13(10)17/h6-8H,4-5H2,1-3H3,(H,16,19). The first-order valence-corrected chi connectivity index (χ1v) is 6.51. The van der Waals surface area contributed by atoms with E-state index >= 15 is 0 Å². The molecule has 0 aliphatic heterocycles. The van der Waals surface area contributed by atoms with Gasteiger partial charge in [-0.05, 0) is 32.9 Å².